The number of nitrogens with zero attached hydrogens (tertiary/aromatic N) is 2. The fourth-order valence-electron chi connectivity index (χ4n) is 1.96. The van der Waals surface area contributed by atoms with Gasteiger partial charge in [-0.1, -0.05) is 29.8 Å². The van der Waals surface area contributed by atoms with E-state index in [1.807, 2.05) is 13.8 Å². The molecular weight excluding hydrogens is 383 g/mol. The predicted octanol–water partition coefficient (Wildman–Crippen LogP) is 3.88. The largest absolute Gasteiger partial charge is 0.329 e. The molecule has 0 saturated heterocycles. The third-order valence-corrected chi connectivity index (χ3v) is 4.84. The lowest BCUT2D eigenvalue weighted by molar-refractivity contribution is 0.606. The highest BCUT2D eigenvalue weighted by Gasteiger charge is 2.20. The summed E-state index contributed by atoms with van der Waals surface area (Å²) in [6, 6.07) is 4.35. The third-order valence-electron chi connectivity index (χ3n) is 2.90. The molecule has 21 heavy (non-hydrogen) atoms. The lowest BCUT2D eigenvalue weighted by atomic mass is 10.2. The molecule has 114 valence electrons. The van der Waals surface area contributed by atoms with Crippen LogP contribution >= 0.6 is 26.6 Å². The first-order valence-electron chi connectivity index (χ1n) is 6.14. The van der Waals surface area contributed by atoms with Crippen LogP contribution in [-0.2, 0) is 15.6 Å². The van der Waals surface area contributed by atoms with E-state index in [0.717, 1.165) is 4.47 Å². The molecule has 0 atom stereocenters. The van der Waals surface area contributed by atoms with Gasteiger partial charge in [-0.15, -0.1) is 0 Å². The molecule has 0 aliphatic rings. The summed E-state index contributed by atoms with van der Waals surface area (Å²) in [5.41, 5.74) is 0.688. The maximum atomic E-state index is 13.3. The highest BCUT2D eigenvalue weighted by molar-refractivity contribution is 9.10. The average molecular weight is 396 g/mol. The second-order valence-electron chi connectivity index (χ2n) is 4.89. The molecular formula is C13H13BrClFN2O2S. The van der Waals surface area contributed by atoms with Gasteiger partial charge in [-0.2, -0.15) is 0 Å². The molecule has 8 heteroatoms. The molecule has 1 heterocycles. The normalized spacial score (nSPS) is 12.1. The summed E-state index contributed by atoms with van der Waals surface area (Å²) in [5.74, 6) is 0.222. The number of rotatable bonds is 4. The fraction of sp³-hybridized carbons (Fsp3) is 0.308. The van der Waals surface area contributed by atoms with Gasteiger partial charge in [-0.25, -0.2) is 17.8 Å². The van der Waals surface area contributed by atoms with Gasteiger partial charge in [0.2, 0.25) is 0 Å². The molecule has 0 bridgehead atoms. The quantitative estimate of drug-likeness (QED) is 0.738. The van der Waals surface area contributed by atoms with E-state index in [1.165, 1.54) is 18.3 Å². The van der Waals surface area contributed by atoms with E-state index in [9.17, 15) is 12.8 Å². The minimum Gasteiger partial charge on any atom is -0.329 e. The Kier molecular flexibility index (Phi) is 4.75. The minimum atomic E-state index is -3.89. The monoisotopic (exact) mass is 394 g/mol. The number of benzene rings is 1. The Hall–Kier alpha value is -0.920. The summed E-state index contributed by atoms with van der Waals surface area (Å²) >= 11 is 3.35. The Labute approximate surface area is 135 Å². The van der Waals surface area contributed by atoms with Gasteiger partial charge in [-0.05, 0) is 23.8 Å². The SMILES string of the molecule is CC(C)c1nc(S(=O)(=O)Cl)cn1Cc1cc(F)ccc1Br. The van der Waals surface area contributed by atoms with Crippen molar-refractivity contribution in [2.24, 2.45) is 0 Å². The maximum Gasteiger partial charge on any atom is 0.280 e. The molecule has 0 aliphatic heterocycles. The van der Waals surface area contributed by atoms with Crippen molar-refractivity contribution in [2.75, 3.05) is 0 Å². The fourth-order valence-corrected chi connectivity index (χ4v) is 3.01. The van der Waals surface area contributed by atoms with E-state index >= 15 is 0 Å². The van der Waals surface area contributed by atoms with Crippen molar-refractivity contribution < 1.29 is 12.8 Å². The Balaban J connectivity index is 2.48. The maximum absolute atomic E-state index is 13.3. The second-order valence-corrected chi connectivity index (χ2v) is 8.26. The number of aromatic nitrogens is 2. The predicted molar refractivity (Wildman–Crippen MR) is 82.6 cm³/mol. The van der Waals surface area contributed by atoms with Gasteiger partial charge >= 0.3 is 0 Å². The highest BCUT2D eigenvalue weighted by atomic mass is 79.9. The van der Waals surface area contributed by atoms with Gasteiger partial charge < -0.3 is 4.57 Å². The average Bonchev–Trinajstić information content (AvgIpc) is 2.78. The molecule has 0 spiro atoms. The van der Waals surface area contributed by atoms with E-state index in [1.54, 1.807) is 10.6 Å². The van der Waals surface area contributed by atoms with Gasteiger partial charge in [0.1, 0.15) is 11.6 Å². The van der Waals surface area contributed by atoms with Crippen LogP contribution in [0.1, 0.15) is 31.2 Å². The smallest absolute Gasteiger partial charge is 0.280 e. The second kappa shape index (κ2) is 6.06. The summed E-state index contributed by atoms with van der Waals surface area (Å²) in [6.45, 7) is 4.08. The van der Waals surface area contributed by atoms with Crippen LogP contribution in [0.5, 0.6) is 0 Å². The van der Waals surface area contributed by atoms with Crippen LogP contribution in [0.25, 0.3) is 0 Å². The summed E-state index contributed by atoms with van der Waals surface area (Å²) in [7, 11) is 1.44. The molecule has 0 saturated carbocycles. The van der Waals surface area contributed by atoms with Crippen LogP contribution in [0.15, 0.2) is 33.9 Å². The molecule has 0 amide bonds. The Morgan fingerprint density at radius 1 is 1.43 bits per heavy atom. The topological polar surface area (TPSA) is 52.0 Å². The minimum absolute atomic E-state index is 0.00417. The van der Waals surface area contributed by atoms with Crippen molar-refractivity contribution in [1.29, 1.82) is 0 Å². The van der Waals surface area contributed by atoms with Gasteiger partial charge in [0.05, 0.1) is 6.54 Å². The van der Waals surface area contributed by atoms with Crippen LogP contribution in [0.4, 0.5) is 4.39 Å². The summed E-state index contributed by atoms with van der Waals surface area (Å²) < 4.78 is 38.6. The number of hydrogen-bond acceptors (Lipinski definition) is 3. The van der Waals surface area contributed by atoms with Crippen LogP contribution in [0.2, 0.25) is 0 Å². The van der Waals surface area contributed by atoms with Crippen LogP contribution in [0, 0.1) is 5.82 Å². The highest BCUT2D eigenvalue weighted by Crippen LogP contribution is 2.24. The molecule has 0 unspecified atom stereocenters. The van der Waals surface area contributed by atoms with Crippen molar-refractivity contribution >= 4 is 35.7 Å². The number of imidazole rings is 1. The van der Waals surface area contributed by atoms with Crippen molar-refractivity contribution in [3.05, 3.63) is 46.1 Å². The van der Waals surface area contributed by atoms with E-state index < -0.39 is 9.05 Å². The Morgan fingerprint density at radius 3 is 2.67 bits per heavy atom. The van der Waals surface area contributed by atoms with Crippen molar-refractivity contribution in [3.8, 4) is 0 Å². The Bertz CT molecular complexity index is 774. The van der Waals surface area contributed by atoms with Gasteiger partial charge in [-0.3, -0.25) is 0 Å². The van der Waals surface area contributed by atoms with E-state index in [2.05, 4.69) is 20.9 Å². The molecule has 2 rings (SSSR count). The van der Waals surface area contributed by atoms with E-state index in [0.29, 0.717) is 17.9 Å². The first kappa shape index (κ1) is 16.5. The van der Waals surface area contributed by atoms with Crippen molar-refractivity contribution in [3.63, 3.8) is 0 Å². The lowest BCUT2D eigenvalue weighted by Gasteiger charge is -2.11. The zero-order valence-corrected chi connectivity index (χ0v) is 14.5. The zero-order chi connectivity index (χ0) is 15.8. The zero-order valence-electron chi connectivity index (χ0n) is 11.3. The molecule has 0 radical (unpaired) electrons. The van der Waals surface area contributed by atoms with Crippen molar-refractivity contribution in [2.45, 2.75) is 31.3 Å². The van der Waals surface area contributed by atoms with Crippen LogP contribution in [0.3, 0.4) is 0 Å². The summed E-state index contributed by atoms with van der Waals surface area (Å²) in [6.07, 6.45) is 1.37. The standard InChI is InChI=1S/C13H13BrClFN2O2S/c1-8(2)13-17-12(21(15,19)20)7-18(13)6-9-5-10(16)3-4-11(9)14/h3-5,7-8H,6H2,1-2H3. The molecule has 0 aliphatic carbocycles. The molecule has 1 aromatic heterocycles. The molecule has 0 fully saturated rings. The van der Waals surface area contributed by atoms with Gasteiger partial charge in [0, 0.05) is 27.3 Å². The number of hydrogen-bond donors (Lipinski definition) is 0. The van der Waals surface area contributed by atoms with Crippen molar-refractivity contribution in [1.82, 2.24) is 9.55 Å². The van der Waals surface area contributed by atoms with Crippen LogP contribution in [-0.4, -0.2) is 18.0 Å². The summed E-state index contributed by atoms with van der Waals surface area (Å²) in [4.78, 5) is 4.06. The molecule has 4 nitrogen and oxygen atoms in total. The number of halogens is 3. The first-order chi connectivity index (χ1) is 9.68. The molecule has 2 aromatic rings. The molecule has 0 N–H and O–H groups in total. The van der Waals surface area contributed by atoms with Gasteiger partial charge in [0.25, 0.3) is 9.05 Å². The van der Waals surface area contributed by atoms with E-state index in [4.69, 9.17) is 10.7 Å². The Morgan fingerprint density at radius 2 is 2.10 bits per heavy atom. The lowest BCUT2D eigenvalue weighted by Crippen LogP contribution is -2.06. The van der Waals surface area contributed by atoms with E-state index in [-0.39, 0.29) is 16.8 Å². The summed E-state index contributed by atoms with van der Waals surface area (Å²) in [5, 5.41) is -0.194. The van der Waals surface area contributed by atoms with Crippen LogP contribution < -0.4 is 0 Å². The first-order valence-corrected chi connectivity index (χ1v) is 9.24. The molecule has 1 aromatic carbocycles. The van der Waals surface area contributed by atoms with Gasteiger partial charge in [0.15, 0.2) is 5.03 Å². The third kappa shape index (κ3) is 3.84.